The predicted molar refractivity (Wildman–Crippen MR) is 83.4 cm³/mol. The second-order valence-corrected chi connectivity index (χ2v) is 4.96. The minimum atomic E-state index is -0.206. The molecule has 7 heteroatoms. The summed E-state index contributed by atoms with van der Waals surface area (Å²) in [6, 6.07) is 6.97. The van der Waals surface area contributed by atoms with Crippen LogP contribution in [0.4, 0.5) is 0 Å². The van der Waals surface area contributed by atoms with Crippen LogP contribution in [0.15, 0.2) is 36.7 Å². The fraction of sp³-hybridized carbons (Fsp3) is 0.133. The number of hydrogen-bond donors (Lipinski definition) is 2. The van der Waals surface area contributed by atoms with Crippen molar-refractivity contribution in [2.45, 2.75) is 6.92 Å². The number of nitrogens with zero attached hydrogens (tertiary/aromatic N) is 2. The lowest BCUT2D eigenvalue weighted by molar-refractivity contribution is 0.0957. The van der Waals surface area contributed by atoms with E-state index in [0.29, 0.717) is 39.9 Å². The van der Waals surface area contributed by atoms with Crippen LogP contribution in [-0.2, 0) is 0 Å². The third-order valence-electron chi connectivity index (χ3n) is 2.96. The number of halogens is 1. The Morgan fingerprint density at radius 2 is 2.32 bits per heavy atom. The molecule has 0 fully saturated rings. The van der Waals surface area contributed by atoms with Crippen molar-refractivity contribution in [1.82, 2.24) is 20.3 Å². The first-order chi connectivity index (χ1) is 10.7. The summed E-state index contributed by atoms with van der Waals surface area (Å²) in [6.45, 7) is 2.39. The molecule has 0 atom stereocenters. The van der Waals surface area contributed by atoms with Crippen LogP contribution in [0.5, 0.6) is 11.6 Å². The number of benzene rings is 1. The smallest absolute Gasteiger partial charge is 0.255 e. The van der Waals surface area contributed by atoms with Gasteiger partial charge in [0.1, 0.15) is 11.3 Å². The van der Waals surface area contributed by atoms with Crippen LogP contribution in [0, 0.1) is 0 Å². The van der Waals surface area contributed by atoms with Crippen molar-refractivity contribution in [3.63, 3.8) is 0 Å². The zero-order chi connectivity index (χ0) is 15.5. The highest BCUT2D eigenvalue weighted by molar-refractivity contribution is 6.30. The zero-order valence-electron chi connectivity index (χ0n) is 11.8. The predicted octanol–water partition coefficient (Wildman–Crippen LogP) is 3.15. The Morgan fingerprint density at radius 3 is 3.09 bits per heavy atom. The van der Waals surface area contributed by atoms with E-state index in [2.05, 4.69) is 20.3 Å². The van der Waals surface area contributed by atoms with Gasteiger partial charge >= 0.3 is 0 Å². The first-order valence-electron chi connectivity index (χ1n) is 6.73. The number of amides is 1. The highest BCUT2D eigenvalue weighted by atomic mass is 35.5. The van der Waals surface area contributed by atoms with Gasteiger partial charge in [0.05, 0.1) is 11.8 Å². The van der Waals surface area contributed by atoms with E-state index in [1.54, 1.807) is 30.5 Å². The maximum Gasteiger partial charge on any atom is 0.255 e. The molecule has 0 unspecified atom stereocenters. The maximum absolute atomic E-state index is 12.0. The number of nitrogens with one attached hydrogen (secondary N) is 2. The van der Waals surface area contributed by atoms with E-state index in [9.17, 15) is 4.79 Å². The van der Waals surface area contributed by atoms with E-state index < -0.39 is 0 Å². The Bertz CT molecular complexity index is 831. The molecule has 2 aromatic heterocycles. The van der Waals surface area contributed by atoms with Crippen LogP contribution < -0.4 is 10.1 Å². The first kappa shape index (κ1) is 14.3. The average molecular weight is 317 g/mol. The van der Waals surface area contributed by atoms with Crippen LogP contribution in [-0.4, -0.2) is 27.4 Å². The summed E-state index contributed by atoms with van der Waals surface area (Å²) in [5, 5.41) is 3.30. The summed E-state index contributed by atoms with van der Waals surface area (Å²) in [7, 11) is 0. The van der Waals surface area contributed by atoms with Gasteiger partial charge in [-0.05, 0) is 25.1 Å². The normalized spacial score (nSPS) is 10.6. The number of fused-ring (bicyclic) bond motifs is 1. The van der Waals surface area contributed by atoms with Gasteiger partial charge in [0.25, 0.3) is 5.91 Å². The van der Waals surface area contributed by atoms with E-state index in [-0.39, 0.29) is 5.91 Å². The fourth-order valence-electron chi connectivity index (χ4n) is 2.00. The largest absolute Gasteiger partial charge is 0.437 e. The molecule has 0 saturated heterocycles. The second-order valence-electron chi connectivity index (χ2n) is 4.53. The molecule has 6 nitrogen and oxygen atoms in total. The molecule has 0 bridgehead atoms. The molecule has 3 aromatic rings. The molecule has 22 heavy (non-hydrogen) atoms. The zero-order valence-corrected chi connectivity index (χ0v) is 12.5. The summed E-state index contributed by atoms with van der Waals surface area (Å²) in [5.41, 5.74) is 1.42. The number of ether oxygens (including phenoxy) is 1. The molecule has 3 rings (SSSR count). The van der Waals surface area contributed by atoms with Crippen molar-refractivity contribution in [1.29, 1.82) is 0 Å². The van der Waals surface area contributed by atoms with Gasteiger partial charge in [-0.2, -0.15) is 0 Å². The summed E-state index contributed by atoms with van der Waals surface area (Å²) >= 11 is 5.92. The molecule has 0 aliphatic heterocycles. The molecule has 112 valence electrons. The van der Waals surface area contributed by atoms with Gasteiger partial charge in [0, 0.05) is 17.8 Å². The molecule has 0 radical (unpaired) electrons. The Morgan fingerprint density at radius 1 is 1.45 bits per heavy atom. The highest BCUT2D eigenvalue weighted by Crippen LogP contribution is 2.24. The topological polar surface area (TPSA) is 79.9 Å². The molecule has 0 aliphatic carbocycles. The number of aromatic nitrogens is 3. The van der Waals surface area contributed by atoms with Crippen LogP contribution in [0.2, 0.25) is 5.02 Å². The average Bonchev–Trinajstić information content (AvgIpc) is 2.91. The lowest BCUT2D eigenvalue weighted by atomic mass is 10.3. The van der Waals surface area contributed by atoms with Crippen LogP contribution in [0.25, 0.3) is 11.2 Å². The fourth-order valence-corrected chi connectivity index (χ4v) is 2.18. The minimum Gasteiger partial charge on any atom is -0.437 e. The molecule has 0 aliphatic rings. The van der Waals surface area contributed by atoms with E-state index >= 15 is 0 Å². The van der Waals surface area contributed by atoms with E-state index in [0.717, 1.165) is 0 Å². The SMILES string of the molecule is CCNC(=O)c1c[nH]c2ncc(Oc3cccc(Cl)c3)nc12. The van der Waals surface area contributed by atoms with Crippen molar-refractivity contribution in [3.05, 3.63) is 47.2 Å². The number of H-pyrrole nitrogens is 1. The Balaban J connectivity index is 1.94. The number of rotatable bonds is 4. The molecule has 0 saturated carbocycles. The Hall–Kier alpha value is -2.60. The van der Waals surface area contributed by atoms with Gasteiger partial charge in [-0.1, -0.05) is 17.7 Å². The molecule has 2 N–H and O–H groups in total. The second kappa shape index (κ2) is 6.03. The van der Waals surface area contributed by atoms with Gasteiger partial charge in [-0.3, -0.25) is 4.79 Å². The quantitative estimate of drug-likeness (QED) is 0.775. The Labute approximate surface area is 131 Å². The van der Waals surface area contributed by atoms with Crippen molar-refractivity contribution in [2.75, 3.05) is 6.54 Å². The number of carbonyl (C=O) groups is 1. The summed E-state index contributed by atoms with van der Waals surface area (Å²) < 4.78 is 5.63. The minimum absolute atomic E-state index is 0.206. The lowest BCUT2D eigenvalue weighted by Gasteiger charge is -2.05. The van der Waals surface area contributed by atoms with Crippen molar-refractivity contribution >= 4 is 28.7 Å². The van der Waals surface area contributed by atoms with Crippen LogP contribution in [0.1, 0.15) is 17.3 Å². The number of aromatic amines is 1. The van der Waals surface area contributed by atoms with Crippen LogP contribution in [0.3, 0.4) is 0 Å². The lowest BCUT2D eigenvalue weighted by Crippen LogP contribution is -2.22. The van der Waals surface area contributed by atoms with Crippen molar-refractivity contribution < 1.29 is 9.53 Å². The van der Waals surface area contributed by atoms with Crippen molar-refractivity contribution in [3.8, 4) is 11.6 Å². The van der Waals surface area contributed by atoms with Gasteiger partial charge in [0.15, 0.2) is 5.65 Å². The third kappa shape index (κ3) is 2.87. The number of carbonyl (C=O) groups excluding carboxylic acids is 1. The van der Waals surface area contributed by atoms with Crippen molar-refractivity contribution in [2.24, 2.45) is 0 Å². The van der Waals surface area contributed by atoms with Gasteiger partial charge in [-0.15, -0.1) is 0 Å². The summed E-state index contributed by atoms with van der Waals surface area (Å²) in [6.07, 6.45) is 3.07. The summed E-state index contributed by atoms with van der Waals surface area (Å²) in [5.74, 6) is 0.638. The van der Waals surface area contributed by atoms with Crippen LogP contribution >= 0.6 is 11.6 Å². The highest BCUT2D eigenvalue weighted by Gasteiger charge is 2.14. The Kier molecular flexibility index (Phi) is 3.93. The van der Waals surface area contributed by atoms with Gasteiger partial charge < -0.3 is 15.0 Å². The van der Waals surface area contributed by atoms with Gasteiger partial charge in [0.2, 0.25) is 5.88 Å². The number of hydrogen-bond acceptors (Lipinski definition) is 4. The molecule has 2 heterocycles. The van der Waals surface area contributed by atoms with E-state index in [1.807, 2.05) is 6.92 Å². The molecular formula is C15H13ClN4O2. The van der Waals surface area contributed by atoms with E-state index in [1.165, 1.54) is 6.20 Å². The monoisotopic (exact) mass is 316 g/mol. The van der Waals surface area contributed by atoms with Gasteiger partial charge in [-0.25, -0.2) is 9.97 Å². The molecular weight excluding hydrogens is 304 g/mol. The molecule has 1 amide bonds. The summed E-state index contributed by atoms with van der Waals surface area (Å²) in [4.78, 5) is 23.4. The first-order valence-corrected chi connectivity index (χ1v) is 7.11. The third-order valence-corrected chi connectivity index (χ3v) is 3.19. The maximum atomic E-state index is 12.0. The standard InChI is InChI=1S/C15H13ClN4O2/c1-2-17-15(21)11-7-18-14-13(11)20-12(8-19-14)22-10-5-3-4-9(16)6-10/h3-8H,2H2,1H3,(H,17,21)(H,18,19). The molecule has 1 aromatic carbocycles. The van der Waals surface area contributed by atoms with E-state index in [4.69, 9.17) is 16.3 Å². The molecule has 0 spiro atoms.